The van der Waals surface area contributed by atoms with Crippen molar-refractivity contribution in [3.8, 4) is 0 Å². The summed E-state index contributed by atoms with van der Waals surface area (Å²) in [6, 6.07) is 5.74. The van der Waals surface area contributed by atoms with Crippen LogP contribution >= 0.6 is 11.3 Å². The van der Waals surface area contributed by atoms with Gasteiger partial charge in [0.05, 0.1) is 17.6 Å². The van der Waals surface area contributed by atoms with E-state index in [4.69, 9.17) is 9.47 Å². The van der Waals surface area contributed by atoms with Crippen LogP contribution in [0.15, 0.2) is 30.3 Å². The summed E-state index contributed by atoms with van der Waals surface area (Å²) in [6.07, 6.45) is 4.96. The summed E-state index contributed by atoms with van der Waals surface area (Å²) < 4.78 is 9.82. The minimum Gasteiger partial charge on any atom is -0.465 e. The molecule has 0 saturated heterocycles. The van der Waals surface area contributed by atoms with Crippen LogP contribution in [0.25, 0.3) is 6.08 Å². The third-order valence-corrected chi connectivity index (χ3v) is 6.16. The average Bonchev–Trinajstić information content (AvgIpc) is 3.12. The zero-order chi connectivity index (χ0) is 23.3. The number of amides is 1. The molecular weight excluding hydrogens is 436 g/mol. The molecule has 1 N–H and O–H groups in total. The summed E-state index contributed by atoms with van der Waals surface area (Å²) >= 11 is 1.34. The van der Waals surface area contributed by atoms with Crippen molar-refractivity contribution in [2.45, 2.75) is 26.2 Å². The number of anilines is 1. The Morgan fingerprint density at radius 3 is 2.84 bits per heavy atom. The maximum Gasteiger partial charge on any atom is 0.341 e. The van der Waals surface area contributed by atoms with Crippen molar-refractivity contribution >= 4 is 45.9 Å². The molecule has 1 amide bonds. The molecule has 2 aromatic rings. The lowest BCUT2D eigenvalue weighted by atomic mass is 9.88. The number of nitrogens with one attached hydrogen (secondary N) is 1. The lowest BCUT2D eigenvalue weighted by molar-refractivity contribution is -0.384. The molecule has 1 aliphatic rings. The molecule has 32 heavy (non-hydrogen) atoms. The van der Waals surface area contributed by atoms with Crippen molar-refractivity contribution in [1.82, 2.24) is 0 Å². The van der Waals surface area contributed by atoms with Crippen molar-refractivity contribution in [3.63, 3.8) is 0 Å². The second-order valence-electron chi connectivity index (χ2n) is 7.39. The molecule has 1 heterocycles. The molecule has 1 aromatic heterocycles. The maximum atomic E-state index is 12.3. The van der Waals surface area contributed by atoms with Crippen LogP contribution in [-0.2, 0) is 31.9 Å². The van der Waals surface area contributed by atoms with Crippen molar-refractivity contribution in [2.24, 2.45) is 5.92 Å². The average molecular weight is 458 g/mol. The first-order chi connectivity index (χ1) is 15.3. The number of non-ortho nitro benzene ring substituents is 1. The molecule has 10 heteroatoms. The Kier molecular flexibility index (Phi) is 7.37. The summed E-state index contributed by atoms with van der Waals surface area (Å²) in [7, 11) is 1.29. The van der Waals surface area contributed by atoms with Crippen molar-refractivity contribution < 1.29 is 28.8 Å². The summed E-state index contributed by atoms with van der Waals surface area (Å²) in [5.74, 6) is -1.38. The van der Waals surface area contributed by atoms with Gasteiger partial charge in [0.2, 0.25) is 0 Å². The van der Waals surface area contributed by atoms with Gasteiger partial charge in [-0.1, -0.05) is 19.1 Å². The van der Waals surface area contributed by atoms with E-state index in [2.05, 4.69) is 12.2 Å². The molecule has 0 aliphatic heterocycles. The smallest absolute Gasteiger partial charge is 0.341 e. The van der Waals surface area contributed by atoms with Crippen molar-refractivity contribution in [3.05, 3.63) is 62.0 Å². The minimum atomic E-state index is -0.779. The maximum absolute atomic E-state index is 12.3. The molecule has 1 aliphatic carbocycles. The number of hydrogen-bond acceptors (Lipinski definition) is 8. The van der Waals surface area contributed by atoms with E-state index in [0.29, 0.717) is 22.0 Å². The van der Waals surface area contributed by atoms with Gasteiger partial charge >= 0.3 is 11.9 Å². The molecular formula is C22H22N2O7S. The highest BCUT2D eigenvalue weighted by molar-refractivity contribution is 7.17. The normalized spacial score (nSPS) is 15.1. The Balaban J connectivity index is 1.61. The third kappa shape index (κ3) is 5.58. The highest BCUT2D eigenvalue weighted by atomic mass is 32.1. The predicted octanol–water partition coefficient (Wildman–Crippen LogP) is 3.76. The number of nitro benzene ring substituents is 1. The van der Waals surface area contributed by atoms with Gasteiger partial charge in [-0.05, 0) is 42.4 Å². The number of esters is 2. The first-order valence-corrected chi connectivity index (χ1v) is 10.7. The van der Waals surface area contributed by atoms with Crippen LogP contribution in [0.3, 0.4) is 0 Å². The SMILES string of the molecule is COC(=O)c1c(NC(=O)COC(=O)/C=C/c2cccc([N+](=O)[O-])c2)sc2c1CCC(C)C2. The number of nitro groups is 1. The number of fused-ring (bicyclic) bond motifs is 1. The second-order valence-corrected chi connectivity index (χ2v) is 8.49. The third-order valence-electron chi connectivity index (χ3n) is 4.99. The van der Waals surface area contributed by atoms with Gasteiger partial charge in [0.15, 0.2) is 6.61 Å². The van der Waals surface area contributed by atoms with E-state index < -0.39 is 29.4 Å². The van der Waals surface area contributed by atoms with E-state index in [-0.39, 0.29) is 5.69 Å². The molecule has 0 saturated carbocycles. The lowest BCUT2D eigenvalue weighted by Gasteiger charge is -2.18. The molecule has 3 rings (SSSR count). The number of carbonyl (C=O) groups excluding carboxylic acids is 3. The lowest BCUT2D eigenvalue weighted by Crippen LogP contribution is -2.21. The first kappa shape index (κ1) is 23.1. The Labute approximate surface area is 188 Å². The van der Waals surface area contributed by atoms with Crippen LogP contribution in [0.2, 0.25) is 0 Å². The Bertz CT molecular complexity index is 1090. The van der Waals surface area contributed by atoms with E-state index in [1.54, 1.807) is 6.07 Å². The molecule has 1 unspecified atom stereocenters. The fourth-order valence-electron chi connectivity index (χ4n) is 3.41. The van der Waals surface area contributed by atoms with Gasteiger partial charge in [-0.3, -0.25) is 14.9 Å². The molecule has 1 atom stereocenters. The van der Waals surface area contributed by atoms with E-state index in [1.165, 1.54) is 42.7 Å². The van der Waals surface area contributed by atoms with Crippen LogP contribution < -0.4 is 5.32 Å². The number of carbonyl (C=O) groups is 3. The Morgan fingerprint density at radius 2 is 2.12 bits per heavy atom. The molecule has 0 spiro atoms. The van der Waals surface area contributed by atoms with Gasteiger partial charge in [0, 0.05) is 23.1 Å². The number of hydrogen-bond donors (Lipinski definition) is 1. The van der Waals surface area contributed by atoms with Crippen molar-refractivity contribution in [2.75, 3.05) is 19.0 Å². The highest BCUT2D eigenvalue weighted by Crippen LogP contribution is 2.40. The van der Waals surface area contributed by atoms with Gasteiger partial charge in [0.1, 0.15) is 5.00 Å². The molecule has 0 bridgehead atoms. The zero-order valence-electron chi connectivity index (χ0n) is 17.6. The van der Waals surface area contributed by atoms with E-state index in [0.717, 1.165) is 35.8 Å². The largest absolute Gasteiger partial charge is 0.465 e. The standard InChI is InChI=1S/C22H22N2O7S/c1-13-6-8-16-17(10-13)32-21(20(16)22(27)30-2)23-18(25)12-31-19(26)9-7-14-4-3-5-15(11-14)24(28)29/h3-5,7,9,11,13H,6,8,10,12H2,1-2H3,(H,23,25)/b9-7+. The van der Waals surface area contributed by atoms with Crippen LogP contribution in [0.5, 0.6) is 0 Å². The Hall–Kier alpha value is -3.53. The van der Waals surface area contributed by atoms with E-state index >= 15 is 0 Å². The number of benzene rings is 1. The van der Waals surface area contributed by atoms with E-state index in [1.807, 2.05) is 0 Å². The summed E-state index contributed by atoms with van der Waals surface area (Å²) in [6.45, 7) is 1.59. The summed E-state index contributed by atoms with van der Waals surface area (Å²) in [5.41, 5.74) is 1.62. The fourth-order valence-corrected chi connectivity index (χ4v) is 4.83. The topological polar surface area (TPSA) is 125 Å². The number of rotatable bonds is 7. The molecule has 0 radical (unpaired) electrons. The minimum absolute atomic E-state index is 0.102. The quantitative estimate of drug-likeness (QED) is 0.290. The van der Waals surface area contributed by atoms with Crippen molar-refractivity contribution in [1.29, 1.82) is 0 Å². The summed E-state index contributed by atoms with van der Waals surface area (Å²) in [4.78, 5) is 47.8. The van der Waals surface area contributed by atoms with E-state index in [9.17, 15) is 24.5 Å². The predicted molar refractivity (Wildman–Crippen MR) is 119 cm³/mol. The number of nitrogens with zero attached hydrogens (tertiary/aromatic N) is 1. The second kappa shape index (κ2) is 10.2. The van der Waals surface area contributed by atoms with Gasteiger partial charge in [-0.2, -0.15) is 0 Å². The molecule has 9 nitrogen and oxygen atoms in total. The van der Waals surface area contributed by atoms with Gasteiger partial charge in [-0.25, -0.2) is 9.59 Å². The van der Waals surface area contributed by atoms with Gasteiger partial charge in [-0.15, -0.1) is 11.3 Å². The summed E-state index contributed by atoms with van der Waals surface area (Å²) in [5, 5.41) is 13.8. The van der Waals surface area contributed by atoms with Crippen LogP contribution in [0.4, 0.5) is 10.7 Å². The highest BCUT2D eigenvalue weighted by Gasteiger charge is 2.29. The van der Waals surface area contributed by atoms with Crippen LogP contribution in [0.1, 0.15) is 39.7 Å². The fraction of sp³-hybridized carbons (Fsp3) is 0.318. The first-order valence-electron chi connectivity index (χ1n) is 9.90. The van der Waals surface area contributed by atoms with Gasteiger partial charge < -0.3 is 14.8 Å². The number of ether oxygens (including phenoxy) is 2. The van der Waals surface area contributed by atoms with Crippen LogP contribution in [0, 0.1) is 16.0 Å². The molecule has 1 aromatic carbocycles. The molecule has 168 valence electrons. The van der Waals surface area contributed by atoms with Crippen LogP contribution in [-0.4, -0.2) is 36.5 Å². The monoisotopic (exact) mass is 458 g/mol. The number of methoxy groups -OCH3 is 1. The molecule has 0 fully saturated rings. The zero-order valence-corrected chi connectivity index (χ0v) is 18.4. The van der Waals surface area contributed by atoms with Gasteiger partial charge in [0.25, 0.3) is 11.6 Å². The number of thiophene rings is 1. The Morgan fingerprint density at radius 1 is 1.34 bits per heavy atom.